The van der Waals surface area contributed by atoms with Crippen molar-refractivity contribution < 1.29 is 4.74 Å². The van der Waals surface area contributed by atoms with Crippen molar-refractivity contribution >= 4 is 0 Å². The van der Waals surface area contributed by atoms with Crippen LogP contribution in [-0.4, -0.2) is 18.6 Å². The maximum absolute atomic E-state index is 5.21. The van der Waals surface area contributed by atoms with Crippen LogP contribution in [-0.2, 0) is 0 Å². The summed E-state index contributed by atoms with van der Waals surface area (Å²) in [6.07, 6.45) is 3.64. The molecule has 1 aromatic heterocycles. The van der Waals surface area contributed by atoms with Crippen molar-refractivity contribution in [3.8, 4) is 5.75 Å². The Kier molecular flexibility index (Phi) is 4.30. The van der Waals surface area contributed by atoms with Gasteiger partial charge < -0.3 is 10.1 Å². The molecule has 0 aliphatic rings. The van der Waals surface area contributed by atoms with Crippen molar-refractivity contribution in [1.29, 1.82) is 0 Å². The van der Waals surface area contributed by atoms with E-state index >= 15 is 0 Å². The predicted molar refractivity (Wildman–Crippen MR) is 66.7 cm³/mol. The average molecular weight is 222 g/mol. The Morgan fingerprint density at radius 1 is 1.38 bits per heavy atom. The Hall–Kier alpha value is -1.09. The third kappa shape index (κ3) is 3.20. The Bertz CT molecular complexity index is 331. The molecule has 0 amide bonds. The molecule has 0 saturated heterocycles. The van der Waals surface area contributed by atoms with E-state index in [1.807, 2.05) is 12.3 Å². The lowest BCUT2D eigenvalue weighted by molar-refractivity contribution is 0.275. The molecule has 0 saturated carbocycles. The van der Waals surface area contributed by atoms with Crippen molar-refractivity contribution in [2.24, 2.45) is 5.41 Å². The van der Waals surface area contributed by atoms with E-state index < -0.39 is 0 Å². The largest absolute Gasteiger partial charge is 0.495 e. The van der Waals surface area contributed by atoms with Crippen molar-refractivity contribution in [1.82, 2.24) is 10.3 Å². The van der Waals surface area contributed by atoms with Crippen LogP contribution < -0.4 is 10.1 Å². The SMILES string of the molecule is CCNC(c1cncc(OC)c1)C(C)(C)C. The van der Waals surface area contributed by atoms with Crippen LogP contribution in [0.5, 0.6) is 5.75 Å². The summed E-state index contributed by atoms with van der Waals surface area (Å²) in [7, 11) is 1.67. The minimum absolute atomic E-state index is 0.157. The Balaban J connectivity index is 3.01. The lowest BCUT2D eigenvalue weighted by Crippen LogP contribution is -2.32. The lowest BCUT2D eigenvalue weighted by atomic mass is 9.83. The van der Waals surface area contributed by atoms with Gasteiger partial charge in [-0.15, -0.1) is 0 Å². The molecular weight excluding hydrogens is 200 g/mol. The topological polar surface area (TPSA) is 34.2 Å². The highest BCUT2D eigenvalue weighted by molar-refractivity contribution is 5.27. The van der Waals surface area contributed by atoms with Gasteiger partial charge in [-0.3, -0.25) is 4.98 Å². The van der Waals surface area contributed by atoms with Crippen LogP contribution in [0.3, 0.4) is 0 Å². The smallest absolute Gasteiger partial charge is 0.137 e. The highest BCUT2D eigenvalue weighted by atomic mass is 16.5. The molecule has 1 unspecified atom stereocenters. The highest BCUT2D eigenvalue weighted by Gasteiger charge is 2.25. The first-order valence-corrected chi connectivity index (χ1v) is 5.71. The van der Waals surface area contributed by atoms with Gasteiger partial charge in [0.2, 0.25) is 0 Å². The van der Waals surface area contributed by atoms with Crippen molar-refractivity contribution in [3.05, 3.63) is 24.0 Å². The van der Waals surface area contributed by atoms with E-state index in [1.165, 1.54) is 5.56 Å². The third-order valence-electron chi connectivity index (χ3n) is 2.58. The van der Waals surface area contributed by atoms with Gasteiger partial charge in [-0.05, 0) is 23.6 Å². The molecule has 0 aromatic carbocycles. The van der Waals surface area contributed by atoms with Gasteiger partial charge in [-0.2, -0.15) is 0 Å². The normalized spacial score (nSPS) is 13.6. The fourth-order valence-corrected chi connectivity index (χ4v) is 1.83. The minimum Gasteiger partial charge on any atom is -0.495 e. The lowest BCUT2D eigenvalue weighted by Gasteiger charge is -2.31. The fraction of sp³-hybridized carbons (Fsp3) is 0.615. The number of ether oxygens (including phenoxy) is 1. The van der Waals surface area contributed by atoms with E-state index in [4.69, 9.17) is 4.74 Å². The molecule has 0 aliphatic heterocycles. The minimum atomic E-state index is 0.157. The van der Waals surface area contributed by atoms with Gasteiger partial charge in [-0.1, -0.05) is 27.7 Å². The molecule has 90 valence electrons. The summed E-state index contributed by atoms with van der Waals surface area (Å²) in [6, 6.07) is 2.34. The third-order valence-corrected chi connectivity index (χ3v) is 2.58. The van der Waals surface area contributed by atoms with Crippen LogP contribution in [0.4, 0.5) is 0 Å². The van der Waals surface area contributed by atoms with E-state index in [0.717, 1.165) is 12.3 Å². The monoisotopic (exact) mass is 222 g/mol. The van der Waals surface area contributed by atoms with Crippen LogP contribution in [0, 0.1) is 5.41 Å². The summed E-state index contributed by atoms with van der Waals surface area (Å²) >= 11 is 0. The maximum atomic E-state index is 5.21. The number of methoxy groups -OCH3 is 1. The van der Waals surface area contributed by atoms with Gasteiger partial charge >= 0.3 is 0 Å². The average Bonchev–Trinajstić information content (AvgIpc) is 2.24. The molecule has 16 heavy (non-hydrogen) atoms. The number of hydrogen-bond acceptors (Lipinski definition) is 3. The molecular formula is C13H22N2O. The number of nitrogens with one attached hydrogen (secondary N) is 1. The van der Waals surface area contributed by atoms with Crippen LogP contribution >= 0.6 is 0 Å². The number of hydrogen-bond donors (Lipinski definition) is 1. The Morgan fingerprint density at radius 2 is 2.06 bits per heavy atom. The number of aromatic nitrogens is 1. The quantitative estimate of drug-likeness (QED) is 0.850. The first kappa shape index (κ1) is 13.0. The number of nitrogens with zero attached hydrogens (tertiary/aromatic N) is 1. The zero-order chi connectivity index (χ0) is 12.2. The second-order valence-corrected chi connectivity index (χ2v) is 5.01. The summed E-state index contributed by atoms with van der Waals surface area (Å²) in [6.45, 7) is 9.73. The summed E-state index contributed by atoms with van der Waals surface area (Å²) in [4.78, 5) is 4.21. The molecule has 3 heteroatoms. The second kappa shape index (κ2) is 5.30. The van der Waals surface area contributed by atoms with E-state index in [-0.39, 0.29) is 5.41 Å². The van der Waals surface area contributed by atoms with Crippen LogP contribution in [0.2, 0.25) is 0 Å². The number of rotatable bonds is 4. The highest BCUT2D eigenvalue weighted by Crippen LogP contribution is 2.33. The molecule has 0 bridgehead atoms. The molecule has 0 fully saturated rings. The Labute approximate surface area is 98.2 Å². The number of pyridine rings is 1. The van der Waals surface area contributed by atoms with E-state index in [2.05, 4.69) is 38.0 Å². The zero-order valence-electron chi connectivity index (χ0n) is 10.9. The zero-order valence-corrected chi connectivity index (χ0v) is 10.9. The standard InChI is InChI=1S/C13H22N2O/c1-6-15-12(13(2,3)4)10-7-11(16-5)9-14-8-10/h7-9,12,15H,6H2,1-5H3. The molecule has 1 aromatic rings. The summed E-state index contributed by atoms with van der Waals surface area (Å²) in [5.74, 6) is 0.810. The molecule has 3 nitrogen and oxygen atoms in total. The Morgan fingerprint density at radius 3 is 2.56 bits per heavy atom. The summed E-state index contributed by atoms with van der Waals surface area (Å²) < 4.78 is 5.21. The van der Waals surface area contributed by atoms with Crippen LogP contribution in [0.1, 0.15) is 39.3 Å². The van der Waals surface area contributed by atoms with E-state index in [1.54, 1.807) is 13.3 Å². The molecule has 1 heterocycles. The molecule has 1 N–H and O–H groups in total. The van der Waals surface area contributed by atoms with Crippen LogP contribution in [0.15, 0.2) is 18.5 Å². The van der Waals surface area contributed by atoms with E-state index in [0.29, 0.717) is 6.04 Å². The molecule has 1 rings (SSSR count). The van der Waals surface area contributed by atoms with Gasteiger partial charge in [-0.25, -0.2) is 0 Å². The van der Waals surface area contributed by atoms with Crippen LogP contribution in [0.25, 0.3) is 0 Å². The first-order chi connectivity index (χ1) is 7.49. The molecule has 0 radical (unpaired) electrons. The molecule has 1 atom stereocenters. The van der Waals surface area contributed by atoms with Gasteiger partial charge in [0.05, 0.1) is 13.3 Å². The van der Waals surface area contributed by atoms with Crippen molar-refractivity contribution in [3.63, 3.8) is 0 Å². The van der Waals surface area contributed by atoms with Crippen molar-refractivity contribution in [2.75, 3.05) is 13.7 Å². The fourth-order valence-electron chi connectivity index (χ4n) is 1.83. The van der Waals surface area contributed by atoms with Gasteiger partial charge in [0.1, 0.15) is 5.75 Å². The van der Waals surface area contributed by atoms with Crippen molar-refractivity contribution in [2.45, 2.75) is 33.7 Å². The first-order valence-electron chi connectivity index (χ1n) is 5.71. The van der Waals surface area contributed by atoms with Gasteiger partial charge in [0.15, 0.2) is 0 Å². The second-order valence-electron chi connectivity index (χ2n) is 5.01. The predicted octanol–water partition coefficient (Wildman–Crippen LogP) is 2.79. The van der Waals surface area contributed by atoms with Gasteiger partial charge in [0.25, 0.3) is 0 Å². The van der Waals surface area contributed by atoms with E-state index in [9.17, 15) is 0 Å². The molecule has 0 spiro atoms. The summed E-state index contributed by atoms with van der Waals surface area (Å²) in [5.41, 5.74) is 1.33. The summed E-state index contributed by atoms with van der Waals surface area (Å²) in [5, 5.41) is 3.49. The maximum Gasteiger partial charge on any atom is 0.137 e. The van der Waals surface area contributed by atoms with Gasteiger partial charge in [0, 0.05) is 12.2 Å². The molecule has 0 aliphatic carbocycles.